The zero-order valence-electron chi connectivity index (χ0n) is 14.8. The standard InChI is InChI=1S/C18H24N4O4/c23-14-20-7-9-22(10-8-20)17(24)15-1-2-16(19-13-15)21-5-3-18(4-6-21)25-11-12-26-18/h1-2,13-14H,3-12H2. The monoisotopic (exact) mass is 360 g/mol. The van der Waals surface area contributed by atoms with Gasteiger partial charge in [0.15, 0.2) is 5.79 Å². The molecule has 3 aliphatic rings. The normalized spacial score (nSPS) is 22.7. The Morgan fingerprint density at radius 1 is 1.04 bits per heavy atom. The van der Waals surface area contributed by atoms with Gasteiger partial charge in [-0.15, -0.1) is 0 Å². The van der Waals surface area contributed by atoms with Gasteiger partial charge in [-0.3, -0.25) is 9.59 Å². The van der Waals surface area contributed by atoms with Crippen LogP contribution in [-0.4, -0.2) is 85.4 Å². The highest BCUT2D eigenvalue weighted by atomic mass is 16.7. The molecule has 0 aromatic carbocycles. The Hall–Kier alpha value is -2.19. The van der Waals surface area contributed by atoms with E-state index in [0.717, 1.165) is 38.2 Å². The van der Waals surface area contributed by atoms with Gasteiger partial charge in [-0.05, 0) is 12.1 Å². The first-order chi connectivity index (χ1) is 12.7. The van der Waals surface area contributed by atoms with Crippen LogP contribution in [0, 0.1) is 0 Å². The van der Waals surface area contributed by atoms with Crippen LogP contribution < -0.4 is 4.90 Å². The highest BCUT2D eigenvalue weighted by Gasteiger charge is 2.40. The van der Waals surface area contributed by atoms with E-state index in [0.29, 0.717) is 45.0 Å². The van der Waals surface area contributed by atoms with E-state index in [2.05, 4.69) is 9.88 Å². The maximum atomic E-state index is 12.6. The van der Waals surface area contributed by atoms with Gasteiger partial charge in [0, 0.05) is 58.3 Å². The van der Waals surface area contributed by atoms with Crippen LogP contribution in [0.25, 0.3) is 0 Å². The summed E-state index contributed by atoms with van der Waals surface area (Å²) in [5.41, 5.74) is 0.587. The Kier molecular flexibility index (Phi) is 4.78. The van der Waals surface area contributed by atoms with Crippen molar-refractivity contribution >= 4 is 18.1 Å². The van der Waals surface area contributed by atoms with E-state index in [4.69, 9.17) is 9.47 Å². The number of rotatable bonds is 3. The van der Waals surface area contributed by atoms with E-state index in [1.165, 1.54) is 0 Å². The average molecular weight is 360 g/mol. The van der Waals surface area contributed by atoms with Crippen molar-refractivity contribution in [3.63, 3.8) is 0 Å². The molecule has 0 aliphatic carbocycles. The number of hydrogen-bond acceptors (Lipinski definition) is 6. The Labute approximate surface area is 152 Å². The van der Waals surface area contributed by atoms with Gasteiger partial charge in [0.05, 0.1) is 18.8 Å². The highest BCUT2D eigenvalue weighted by molar-refractivity contribution is 5.94. The van der Waals surface area contributed by atoms with Crippen LogP contribution in [0.15, 0.2) is 18.3 Å². The number of anilines is 1. The molecule has 3 fully saturated rings. The van der Waals surface area contributed by atoms with Gasteiger partial charge in [-0.2, -0.15) is 0 Å². The van der Waals surface area contributed by atoms with E-state index < -0.39 is 5.79 Å². The third-order valence-corrected chi connectivity index (χ3v) is 5.41. The minimum absolute atomic E-state index is 0.0278. The molecular formula is C18H24N4O4. The SMILES string of the molecule is O=CN1CCN(C(=O)c2ccc(N3CCC4(CC3)OCCO4)nc2)CC1. The van der Waals surface area contributed by atoms with Crippen LogP contribution in [0.5, 0.6) is 0 Å². The lowest BCUT2D eigenvalue weighted by molar-refractivity contribution is -0.169. The van der Waals surface area contributed by atoms with Gasteiger partial charge in [-0.25, -0.2) is 4.98 Å². The molecule has 0 bridgehead atoms. The summed E-state index contributed by atoms with van der Waals surface area (Å²) in [7, 11) is 0. The summed E-state index contributed by atoms with van der Waals surface area (Å²) < 4.78 is 11.5. The fourth-order valence-electron chi connectivity index (χ4n) is 3.77. The summed E-state index contributed by atoms with van der Waals surface area (Å²) in [5.74, 6) is 0.455. The Balaban J connectivity index is 1.35. The van der Waals surface area contributed by atoms with Crippen molar-refractivity contribution in [2.75, 3.05) is 57.4 Å². The fraction of sp³-hybridized carbons (Fsp3) is 0.611. The summed E-state index contributed by atoms with van der Waals surface area (Å²) in [4.78, 5) is 33.5. The van der Waals surface area contributed by atoms with Crippen molar-refractivity contribution in [1.29, 1.82) is 0 Å². The number of piperazine rings is 1. The number of piperidine rings is 1. The van der Waals surface area contributed by atoms with E-state index >= 15 is 0 Å². The van der Waals surface area contributed by atoms with Crippen molar-refractivity contribution in [1.82, 2.24) is 14.8 Å². The van der Waals surface area contributed by atoms with Gasteiger partial charge >= 0.3 is 0 Å². The Morgan fingerprint density at radius 2 is 1.73 bits per heavy atom. The van der Waals surface area contributed by atoms with Gasteiger partial charge in [0.2, 0.25) is 6.41 Å². The third kappa shape index (κ3) is 3.39. The molecule has 8 heteroatoms. The van der Waals surface area contributed by atoms with Gasteiger partial charge in [0.25, 0.3) is 5.91 Å². The summed E-state index contributed by atoms with van der Waals surface area (Å²) in [6.07, 6.45) is 4.14. The zero-order valence-corrected chi connectivity index (χ0v) is 14.8. The Bertz CT molecular complexity index is 642. The molecule has 8 nitrogen and oxygen atoms in total. The summed E-state index contributed by atoms with van der Waals surface area (Å²) in [6.45, 7) is 5.30. The van der Waals surface area contributed by atoms with Crippen LogP contribution in [-0.2, 0) is 14.3 Å². The number of nitrogens with zero attached hydrogens (tertiary/aromatic N) is 4. The van der Waals surface area contributed by atoms with Crippen LogP contribution in [0.3, 0.4) is 0 Å². The number of carbonyl (C=O) groups is 2. The maximum absolute atomic E-state index is 12.6. The number of pyridine rings is 1. The highest BCUT2D eigenvalue weighted by Crippen LogP contribution is 2.32. The summed E-state index contributed by atoms with van der Waals surface area (Å²) in [5, 5.41) is 0. The number of ether oxygens (including phenoxy) is 2. The molecule has 1 aromatic heterocycles. The third-order valence-electron chi connectivity index (χ3n) is 5.41. The summed E-state index contributed by atoms with van der Waals surface area (Å²) >= 11 is 0. The minimum Gasteiger partial charge on any atom is -0.356 e. The van der Waals surface area contributed by atoms with Gasteiger partial charge < -0.3 is 24.2 Å². The van der Waals surface area contributed by atoms with Crippen molar-refractivity contribution in [2.24, 2.45) is 0 Å². The topological polar surface area (TPSA) is 75.2 Å². The molecule has 140 valence electrons. The Morgan fingerprint density at radius 3 is 2.31 bits per heavy atom. The molecule has 3 saturated heterocycles. The van der Waals surface area contributed by atoms with Gasteiger partial charge in [-0.1, -0.05) is 0 Å². The number of hydrogen-bond donors (Lipinski definition) is 0. The van der Waals surface area contributed by atoms with Crippen molar-refractivity contribution in [3.8, 4) is 0 Å². The second-order valence-electron chi connectivity index (χ2n) is 6.93. The molecular weight excluding hydrogens is 336 g/mol. The molecule has 4 rings (SSSR count). The van der Waals surface area contributed by atoms with Crippen LogP contribution in [0.2, 0.25) is 0 Å². The number of aromatic nitrogens is 1. The minimum atomic E-state index is -0.393. The predicted octanol–water partition coefficient (Wildman–Crippen LogP) is 0.339. The fourth-order valence-corrected chi connectivity index (χ4v) is 3.77. The molecule has 3 aliphatic heterocycles. The van der Waals surface area contributed by atoms with Crippen molar-refractivity contribution < 1.29 is 19.1 Å². The molecule has 0 N–H and O–H groups in total. The molecule has 0 unspecified atom stereocenters. The maximum Gasteiger partial charge on any atom is 0.255 e. The number of amides is 2. The van der Waals surface area contributed by atoms with E-state index in [1.807, 2.05) is 12.1 Å². The van der Waals surface area contributed by atoms with Crippen LogP contribution in [0.1, 0.15) is 23.2 Å². The average Bonchev–Trinajstić information content (AvgIpc) is 3.16. The lowest BCUT2D eigenvalue weighted by Gasteiger charge is -2.38. The van der Waals surface area contributed by atoms with E-state index in [-0.39, 0.29) is 5.91 Å². The first-order valence-corrected chi connectivity index (χ1v) is 9.17. The molecule has 4 heterocycles. The van der Waals surface area contributed by atoms with E-state index in [1.54, 1.807) is 16.0 Å². The molecule has 0 atom stereocenters. The quantitative estimate of drug-likeness (QED) is 0.724. The smallest absolute Gasteiger partial charge is 0.255 e. The second-order valence-corrected chi connectivity index (χ2v) is 6.93. The molecule has 1 aromatic rings. The molecule has 1 spiro atoms. The van der Waals surface area contributed by atoms with Crippen LogP contribution >= 0.6 is 0 Å². The van der Waals surface area contributed by atoms with Crippen molar-refractivity contribution in [3.05, 3.63) is 23.9 Å². The molecule has 2 amide bonds. The van der Waals surface area contributed by atoms with Gasteiger partial charge in [0.1, 0.15) is 5.82 Å². The molecule has 0 saturated carbocycles. The largest absolute Gasteiger partial charge is 0.356 e. The molecule has 0 radical (unpaired) electrons. The first-order valence-electron chi connectivity index (χ1n) is 9.17. The zero-order chi connectivity index (χ0) is 18.0. The van der Waals surface area contributed by atoms with Crippen molar-refractivity contribution in [2.45, 2.75) is 18.6 Å². The lowest BCUT2D eigenvalue weighted by atomic mass is 10.0. The first kappa shape index (κ1) is 17.2. The van der Waals surface area contributed by atoms with E-state index in [9.17, 15) is 9.59 Å². The predicted molar refractivity (Wildman–Crippen MR) is 93.9 cm³/mol. The molecule has 26 heavy (non-hydrogen) atoms. The number of carbonyl (C=O) groups excluding carboxylic acids is 2. The van der Waals surface area contributed by atoms with Crippen LogP contribution in [0.4, 0.5) is 5.82 Å². The lowest BCUT2D eigenvalue weighted by Crippen LogP contribution is -2.48. The second kappa shape index (κ2) is 7.20. The summed E-state index contributed by atoms with van der Waals surface area (Å²) in [6, 6.07) is 3.74.